The molecule has 16 heavy (non-hydrogen) atoms. The summed E-state index contributed by atoms with van der Waals surface area (Å²) in [5.41, 5.74) is 0. The molecule has 96 valence electrons. The minimum Gasteiger partial charge on any atom is -0.353 e. The monoisotopic (exact) mass is 250 g/mol. The van der Waals surface area contributed by atoms with Crippen LogP contribution < -0.4 is 5.32 Å². The quantitative estimate of drug-likeness (QED) is 0.684. The second-order valence-corrected chi connectivity index (χ2v) is 6.48. The van der Waals surface area contributed by atoms with Gasteiger partial charge in [-0.15, -0.1) is 0 Å². The van der Waals surface area contributed by atoms with Gasteiger partial charge in [0.05, 0.1) is 12.3 Å². The van der Waals surface area contributed by atoms with Crippen molar-refractivity contribution in [2.24, 2.45) is 0 Å². The molecule has 0 aromatic carbocycles. The van der Waals surface area contributed by atoms with Crippen LogP contribution in [0, 0.1) is 0 Å². The Morgan fingerprint density at radius 1 is 1.38 bits per heavy atom. The van der Waals surface area contributed by atoms with Gasteiger partial charge in [-0.25, -0.2) is 8.42 Å². The smallest absolute Gasteiger partial charge is 0.234 e. The summed E-state index contributed by atoms with van der Waals surface area (Å²) < 4.78 is 22.0. The molecule has 0 atom stereocenters. The number of rotatable bonds is 7. The zero-order valence-corrected chi connectivity index (χ0v) is 11.3. The Labute approximate surface area is 98.1 Å². The molecule has 0 saturated carbocycles. The summed E-state index contributed by atoms with van der Waals surface area (Å²) in [5.74, 6) is 0.0286. The highest BCUT2D eigenvalue weighted by molar-refractivity contribution is 7.90. The van der Waals surface area contributed by atoms with Crippen molar-refractivity contribution >= 4 is 15.7 Å². The van der Waals surface area contributed by atoms with Crippen molar-refractivity contribution in [3.05, 3.63) is 0 Å². The zero-order valence-electron chi connectivity index (χ0n) is 10.5. The van der Waals surface area contributed by atoms with Crippen molar-refractivity contribution < 1.29 is 13.2 Å². The van der Waals surface area contributed by atoms with Gasteiger partial charge in [0.1, 0.15) is 9.84 Å². The maximum absolute atomic E-state index is 11.4. The number of carbonyl (C=O) groups excluding carboxylic acids is 1. The molecule has 6 heteroatoms. The lowest BCUT2D eigenvalue weighted by atomic mass is 10.3. The average Bonchev–Trinajstić information content (AvgIpc) is 2.09. The van der Waals surface area contributed by atoms with E-state index < -0.39 is 9.84 Å². The molecule has 0 spiro atoms. The second kappa shape index (κ2) is 6.85. The van der Waals surface area contributed by atoms with Crippen LogP contribution in [0.25, 0.3) is 0 Å². The molecule has 0 saturated heterocycles. The second-order valence-electron chi connectivity index (χ2n) is 4.22. The summed E-state index contributed by atoms with van der Waals surface area (Å²) in [6.07, 6.45) is 1.20. The summed E-state index contributed by atoms with van der Waals surface area (Å²) in [6, 6.07) is 0.112. The van der Waals surface area contributed by atoms with Gasteiger partial charge in [-0.1, -0.05) is 6.92 Å². The van der Waals surface area contributed by atoms with E-state index in [9.17, 15) is 13.2 Å². The summed E-state index contributed by atoms with van der Waals surface area (Å²) in [6.45, 7) is 7.02. The van der Waals surface area contributed by atoms with E-state index in [0.717, 1.165) is 0 Å². The van der Waals surface area contributed by atoms with E-state index in [0.29, 0.717) is 13.1 Å². The van der Waals surface area contributed by atoms with E-state index >= 15 is 0 Å². The predicted molar refractivity (Wildman–Crippen MR) is 65.1 cm³/mol. The fraction of sp³-hybridized carbons (Fsp3) is 0.900. The number of hydrogen-bond donors (Lipinski definition) is 1. The highest BCUT2D eigenvalue weighted by Gasteiger charge is 2.12. The molecule has 0 fully saturated rings. The molecule has 0 unspecified atom stereocenters. The highest BCUT2D eigenvalue weighted by Crippen LogP contribution is 1.92. The molecule has 0 aliphatic carbocycles. The van der Waals surface area contributed by atoms with E-state index in [4.69, 9.17) is 0 Å². The molecule has 1 N–H and O–H groups in total. The third-order valence-corrected chi connectivity index (χ3v) is 2.97. The van der Waals surface area contributed by atoms with Gasteiger partial charge >= 0.3 is 0 Å². The Balaban J connectivity index is 4.06. The van der Waals surface area contributed by atoms with E-state index in [-0.39, 0.29) is 24.2 Å². The highest BCUT2D eigenvalue weighted by atomic mass is 32.2. The number of nitrogens with zero attached hydrogens (tertiary/aromatic N) is 1. The van der Waals surface area contributed by atoms with Gasteiger partial charge in [0.15, 0.2) is 0 Å². The number of carbonyl (C=O) groups is 1. The molecule has 0 aliphatic rings. The first-order chi connectivity index (χ1) is 7.24. The molecule has 0 heterocycles. The van der Waals surface area contributed by atoms with Gasteiger partial charge in [-0.05, 0) is 20.4 Å². The largest absolute Gasteiger partial charge is 0.353 e. The SMILES string of the molecule is CCN(CCS(C)(=O)=O)CC(=O)NC(C)C. The van der Waals surface area contributed by atoms with Crippen LogP contribution in [0.5, 0.6) is 0 Å². The van der Waals surface area contributed by atoms with Gasteiger partial charge in [-0.2, -0.15) is 0 Å². The van der Waals surface area contributed by atoms with Crippen molar-refractivity contribution in [2.75, 3.05) is 31.6 Å². The van der Waals surface area contributed by atoms with Crippen LogP contribution >= 0.6 is 0 Å². The molecular weight excluding hydrogens is 228 g/mol. The Bertz CT molecular complexity index is 312. The van der Waals surface area contributed by atoms with Gasteiger partial charge in [0, 0.05) is 18.8 Å². The first kappa shape index (κ1) is 15.4. The van der Waals surface area contributed by atoms with E-state index in [1.807, 2.05) is 25.7 Å². The molecule has 1 amide bonds. The van der Waals surface area contributed by atoms with Gasteiger partial charge in [0.25, 0.3) is 0 Å². The molecule has 5 nitrogen and oxygen atoms in total. The lowest BCUT2D eigenvalue weighted by Crippen LogP contribution is -2.41. The fourth-order valence-corrected chi connectivity index (χ4v) is 1.80. The van der Waals surface area contributed by atoms with Crippen LogP contribution in [0.4, 0.5) is 0 Å². The Hall–Kier alpha value is -0.620. The molecule has 0 radical (unpaired) electrons. The van der Waals surface area contributed by atoms with Gasteiger partial charge in [-0.3, -0.25) is 9.69 Å². The molecule has 0 bridgehead atoms. The maximum Gasteiger partial charge on any atom is 0.234 e. The van der Waals surface area contributed by atoms with Crippen LogP contribution in [0.2, 0.25) is 0 Å². The van der Waals surface area contributed by atoms with Gasteiger partial charge in [0.2, 0.25) is 5.91 Å². The van der Waals surface area contributed by atoms with Crippen LogP contribution in [0.3, 0.4) is 0 Å². The number of amides is 1. The van der Waals surface area contributed by atoms with E-state index in [1.54, 1.807) is 0 Å². The normalized spacial score (nSPS) is 12.1. The molecular formula is C10H22N2O3S. The summed E-state index contributed by atoms with van der Waals surface area (Å²) in [7, 11) is -2.96. The minimum atomic E-state index is -2.96. The lowest BCUT2D eigenvalue weighted by molar-refractivity contribution is -0.122. The molecule has 0 aromatic rings. The van der Waals surface area contributed by atoms with Gasteiger partial charge < -0.3 is 5.32 Å². The van der Waals surface area contributed by atoms with Crippen LogP contribution in [0.1, 0.15) is 20.8 Å². The molecule has 0 rings (SSSR count). The minimum absolute atomic E-state index is 0.0645. The standard InChI is InChI=1S/C10H22N2O3S/c1-5-12(6-7-16(4,14)15)8-10(13)11-9(2)3/h9H,5-8H2,1-4H3,(H,11,13). The Kier molecular flexibility index (Phi) is 6.59. The van der Waals surface area contributed by atoms with E-state index in [1.165, 1.54) is 6.26 Å². The third kappa shape index (κ3) is 8.67. The fourth-order valence-electron chi connectivity index (χ4n) is 1.21. The predicted octanol–water partition coefficient (Wildman–Crippen LogP) is -0.122. The number of likely N-dealkylation sites (N-methyl/N-ethyl adjacent to an activating group) is 1. The number of hydrogen-bond acceptors (Lipinski definition) is 4. The summed E-state index contributed by atoms with van der Waals surface area (Å²) >= 11 is 0. The van der Waals surface area contributed by atoms with Crippen LogP contribution in [-0.4, -0.2) is 56.9 Å². The topological polar surface area (TPSA) is 66.5 Å². The van der Waals surface area contributed by atoms with E-state index in [2.05, 4.69) is 5.32 Å². The first-order valence-corrected chi connectivity index (χ1v) is 7.50. The lowest BCUT2D eigenvalue weighted by Gasteiger charge is -2.20. The Morgan fingerprint density at radius 2 is 1.94 bits per heavy atom. The van der Waals surface area contributed by atoms with Crippen LogP contribution in [0.15, 0.2) is 0 Å². The molecule has 0 aliphatic heterocycles. The van der Waals surface area contributed by atoms with Crippen LogP contribution in [-0.2, 0) is 14.6 Å². The van der Waals surface area contributed by atoms with Crippen molar-refractivity contribution in [3.63, 3.8) is 0 Å². The van der Waals surface area contributed by atoms with Crippen molar-refractivity contribution in [1.29, 1.82) is 0 Å². The first-order valence-electron chi connectivity index (χ1n) is 5.44. The molecule has 0 aromatic heterocycles. The zero-order chi connectivity index (χ0) is 12.8. The number of nitrogens with one attached hydrogen (secondary N) is 1. The van der Waals surface area contributed by atoms with Crippen molar-refractivity contribution in [1.82, 2.24) is 10.2 Å². The maximum atomic E-state index is 11.4. The third-order valence-electron chi connectivity index (χ3n) is 2.04. The Morgan fingerprint density at radius 3 is 2.31 bits per heavy atom. The average molecular weight is 250 g/mol. The van der Waals surface area contributed by atoms with Crippen molar-refractivity contribution in [3.8, 4) is 0 Å². The summed E-state index contributed by atoms with van der Waals surface area (Å²) in [5, 5.41) is 2.77. The number of sulfone groups is 1. The summed E-state index contributed by atoms with van der Waals surface area (Å²) in [4.78, 5) is 13.3. The van der Waals surface area contributed by atoms with Crippen molar-refractivity contribution in [2.45, 2.75) is 26.8 Å².